The molecule has 0 atom stereocenters. The van der Waals surface area contributed by atoms with Gasteiger partial charge in [-0.15, -0.1) is 0 Å². The summed E-state index contributed by atoms with van der Waals surface area (Å²) in [5.41, 5.74) is 3.41. The van der Waals surface area contributed by atoms with Crippen LogP contribution in [0.25, 0.3) is 11.0 Å². The van der Waals surface area contributed by atoms with Gasteiger partial charge >= 0.3 is 0 Å². The molecule has 19 heavy (non-hydrogen) atoms. The van der Waals surface area contributed by atoms with Crippen molar-refractivity contribution in [3.05, 3.63) is 54.2 Å². The van der Waals surface area contributed by atoms with Crippen molar-refractivity contribution in [2.45, 2.75) is 26.6 Å². The van der Waals surface area contributed by atoms with Crippen LogP contribution >= 0.6 is 0 Å². The molecule has 3 rings (SSSR count). The number of imidazole rings is 1. The van der Waals surface area contributed by atoms with E-state index in [1.165, 1.54) is 5.52 Å². The summed E-state index contributed by atoms with van der Waals surface area (Å²) < 4.78 is 7.30. The predicted octanol–water partition coefficient (Wildman–Crippen LogP) is 2.94. The summed E-state index contributed by atoms with van der Waals surface area (Å²) in [4.78, 5) is 4.68. The molecule has 0 amide bonds. The highest BCUT2D eigenvalue weighted by Gasteiger charge is 2.08. The molecule has 2 heterocycles. The van der Waals surface area contributed by atoms with Crippen molar-refractivity contribution in [3.8, 4) is 0 Å². The van der Waals surface area contributed by atoms with Crippen LogP contribution in [0.1, 0.15) is 18.3 Å². The molecule has 2 aromatic heterocycles. The third-order valence-electron chi connectivity index (χ3n) is 3.24. The van der Waals surface area contributed by atoms with Crippen molar-refractivity contribution in [1.82, 2.24) is 14.9 Å². The fraction of sp³-hybridized carbons (Fsp3) is 0.267. The molecule has 0 bridgehead atoms. The van der Waals surface area contributed by atoms with Gasteiger partial charge in [0.15, 0.2) is 0 Å². The van der Waals surface area contributed by atoms with Gasteiger partial charge in [0.05, 0.1) is 30.1 Å². The average Bonchev–Trinajstić information content (AvgIpc) is 3.05. The lowest BCUT2D eigenvalue weighted by Crippen LogP contribution is -2.16. The number of fused-ring (bicyclic) bond motifs is 1. The largest absolute Gasteiger partial charge is 0.472 e. The molecule has 4 nitrogen and oxygen atoms in total. The monoisotopic (exact) mass is 255 g/mol. The van der Waals surface area contributed by atoms with E-state index in [2.05, 4.69) is 40.0 Å². The van der Waals surface area contributed by atoms with Gasteiger partial charge in [-0.25, -0.2) is 4.98 Å². The Kier molecular flexibility index (Phi) is 3.33. The van der Waals surface area contributed by atoms with E-state index < -0.39 is 0 Å². The van der Waals surface area contributed by atoms with Gasteiger partial charge in [-0.05, 0) is 25.1 Å². The van der Waals surface area contributed by atoms with Crippen LogP contribution < -0.4 is 5.32 Å². The summed E-state index contributed by atoms with van der Waals surface area (Å²) in [6.07, 6.45) is 3.45. The Bertz CT molecular complexity index is 655. The first-order valence-electron chi connectivity index (χ1n) is 6.54. The molecule has 0 radical (unpaired) electrons. The third kappa shape index (κ3) is 2.39. The number of nitrogens with one attached hydrogen (secondary N) is 1. The molecule has 0 saturated heterocycles. The van der Waals surface area contributed by atoms with E-state index in [1.807, 2.05) is 12.1 Å². The Morgan fingerprint density at radius 3 is 2.89 bits per heavy atom. The van der Waals surface area contributed by atoms with E-state index in [4.69, 9.17) is 4.42 Å². The van der Waals surface area contributed by atoms with Gasteiger partial charge in [0.25, 0.3) is 0 Å². The number of hydrogen-bond donors (Lipinski definition) is 1. The van der Waals surface area contributed by atoms with Crippen LogP contribution in [0.2, 0.25) is 0 Å². The van der Waals surface area contributed by atoms with Crippen molar-refractivity contribution in [2.75, 3.05) is 0 Å². The molecule has 0 aliphatic carbocycles. The maximum Gasteiger partial charge on any atom is 0.123 e. The lowest BCUT2D eigenvalue weighted by atomic mass is 10.3. The Morgan fingerprint density at radius 1 is 1.21 bits per heavy atom. The number of furan rings is 1. The van der Waals surface area contributed by atoms with Gasteiger partial charge in [0.2, 0.25) is 0 Å². The summed E-state index contributed by atoms with van der Waals surface area (Å²) >= 11 is 0. The second-order valence-electron chi connectivity index (χ2n) is 4.50. The molecule has 0 aliphatic rings. The van der Waals surface area contributed by atoms with Crippen LogP contribution in [0, 0.1) is 0 Å². The number of rotatable bonds is 5. The minimum atomic E-state index is 0.758. The number of aryl methyl sites for hydroxylation is 1. The van der Waals surface area contributed by atoms with Crippen LogP contribution in [0.3, 0.4) is 0 Å². The molecule has 98 valence electrons. The van der Waals surface area contributed by atoms with Crippen LogP contribution in [0.4, 0.5) is 0 Å². The minimum Gasteiger partial charge on any atom is -0.472 e. The lowest BCUT2D eigenvalue weighted by molar-refractivity contribution is 0.558. The molecule has 0 fully saturated rings. The van der Waals surface area contributed by atoms with Gasteiger partial charge in [-0.2, -0.15) is 0 Å². The SMILES string of the molecule is CCn1c(CNCc2ccoc2)nc2ccccc21. The second kappa shape index (κ2) is 5.28. The standard InChI is InChI=1S/C15H17N3O/c1-2-18-14-6-4-3-5-13(14)17-15(18)10-16-9-12-7-8-19-11-12/h3-8,11,16H,2,9-10H2,1H3. The molecular formula is C15H17N3O. The number of benzene rings is 1. The zero-order valence-corrected chi connectivity index (χ0v) is 11.0. The van der Waals surface area contributed by atoms with Crippen molar-refractivity contribution < 1.29 is 4.42 Å². The van der Waals surface area contributed by atoms with Gasteiger partial charge < -0.3 is 14.3 Å². The highest BCUT2D eigenvalue weighted by atomic mass is 16.3. The summed E-state index contributed by atoms with van der Waals surface area (Å²) in [5.74, 6) is 1.08. The summed E-state index contributed by atoms with van der Waals surface area (Å²) in [6, 6.07) is 10.2. The first-order valence-corrected chi connectivity index (χ1v) is 6.54. The second-order valence-corrected chi connectivity index (χ2v) is 4.50. The van der Waals surface area contributed by atoms with Crippen LogP contribution in [0.5, 0.6) is 0 Å². The van der Waals surface area contributed by atoms with Crippen LogP contribution in [0.15, 0.2) is 47.3 Å². The highest BCUT2D eigenvalue weighted by molar-refractivity contribution is 5.75. The zero-order valence-electron chi connectivity index (χ0n) is 11.0. The van der Waals surface area contributed by atoms with E-state index in [9.17, 15) is 0 Å². The van der Waals surface area contributed by atoms with Gasteiger partial charge in [-0.1, -0.05) is 12.1 Å². The molecule has 0 spiro atoms. The Balaban J connectivity index is 1.76. The lowest BCUT2D eigenvalue weighted by Gasteiger charge is -2.06. The first kappa shape index (κ1) is 12.0. The number of nitrogens with zero attached hydrogens (tertiary/aromatic N) is 2. The molecule has 0 unspecified atom stereocenters. The Morgan fingerprint density at radius 2 is 2.11 bits per heavy atom. The van der Waals surface area contributed by atoms with E-state index in [0.717, 1.165) is 36.5 Å². The fourth-order valence-corrected chi connectivity index (χ4v) is 2.33. The molecule has 3 aromatic rings. The normalized spacial score (nSPS) is 11.2. The van der Waals surface area contributed by atoms with E-state index >= 15 is 0 Å². The molecule has 1 aromatic carbocycles. The van der Waals surface area contributed by atoms with E-state index in [0.29, 0.717) is 0 Å². The van der Waals surface area contributed by atoms with Gasteiger partial charge in [-0.3, -0.25) is 0 Å². The quantitative estimate of drug-likeness (QED) is 0.762. The van der Waals surface area contributed by atoms with E-state index in [-0.39, 0.29) is 0 Å². The zero-order chi connectivity index (χ0) is 13.1. The average molecular weight is 255 g/mol. The van der Waals surface area contributed by atoms with Gasteiger partial charge in [0.1, 0.15) is 5.82 Å². The van der Waals surface area contributed by atoms with E-state index in [1.54, 1.807) is 12.5 Å². The number of aromatic nitrogens is 2. The molecule has 0 aliphatic heterocycles. The summed E-state index contributed by atoms with van der Waals surface area (Å²) in [7, 11) is 0. The van der Waals surface area contributed by atoms with Crippen LogP contribution in [-0.2, 0) is 19.6 Å². The van der Waals surface area contributed by atoms with Crippen molar-refractivity contribution in [3.63, 3.8) is 0 Å². The molecule has 4 heteroatoms. The molecule has 1 N–H and O–H groups in total. The Hall–Kier alpha value is -2.07. The fourth-order valence-electron chi connectivity index (χ4n) is 2.33. The Labute approximate surface area is 112 Å². The molecular weight excluding hydrogens is 238 g/mol. The summed E-state index contributed by atoms with van der Waals surface area (Å²) in [5, 5.41) is 3.40. The van der Waals surface area contributed by atoms with Gasteiger partial charge in [0, 0.05) is 18.7 Å². The van der Waals surface area contributed by atoms with Crippen LogP contribution in [-0.4, -0.2) is 9.55 Å². The first-order chi connectivity index (χ1) is 9.38. The number of hydrogen-bond acceptors (Lipinski definition) is 3. The smallest absolute Gasteiger partial charge is 0.123 e. The topological polar surface area (TPSA) is 43.0 Å². The summed E-state index contributed by atoms with van der Waals surface area (Å²) in [6.45, 7) is 4.63. The van der Waals surface area contributed by atoms with Crippen molar-refractivity contribution in [2.24, 2.45) is 0 Å². The minimum absolute atomic E-state index is 0.758. The van der Waals surface area contributed by atoms with Crippen molar-refractivity contribution in [1.29, 1.82) is 0 Å². The maximum atomic E-state index is 5.05. The number of para-hydroxylation sites is 2. The molecule has 0 saturated carbocycles. The third-order valence-corrected chi connectivity index (χ3v) is 3.24. The maximum absolute atomic E-state index is 5.05. The highest BCUT2D eigenvalue weighted by Crippen LogP contribution is 2.15. The predicted molar refractivity (Wildman–Crippen MR) is 74.7 cm³/mol. The van der Waals surface area contributed by atoms with Crippen molar-refractivity contribution >= 4 is 11.0 Å².